The minimum Gasteiger partial charge on any atom is -0.262 e. The minimum absolute atomic E-state index is 0.267. The Kier molecular flexibility index (Phi) is 5.10. The highest BCUT2D eigenvalue weighted by atomic mass is 32.2. The number of rotatable bonds is 4. The van der Waals surface area contributed by atoms with E-state index < -0.39 is 11.0 Å². The van der Waals surface area contributed by atoms with Gasteiger partial charge in [0.15, 0.2) is 0 Å². The van der Waals surface area contributed by atoms with Crippen molar-refractivity contribution in [3.8, 4) is 11.3 Å². The highest BCUT2D eigenvalue weighted by Crippen LogP contribution is 2.31. The Morgan fingerprint density at radius 1 is 1.08 bits per heavy atom. The summed E-state index contributed by atoms with van der Waals surface area (Å²) in [6.45, 7) is 10.0. The van der Waals surface area contributed by atoms with E-state index >= 15 is 0 Å². The molecule has 0 aliphatic carbocycles. The molecule has 0 amide bonds. The van der Waals surface area contributed by atoms with Crippen LogP contribution in [0.1, 0.15) is 46.2 Å². The molecule has 0 aliphatic heterocycles. The van der Waals surface area contributed by atoms with Gasteiger partial charge < -0.3 is 0 Å². The third kappa shape index (κ3) is 3.63. The maximum Gasteiger partial charge on any atom is 0.144 e. The van der Waals surface area contributed by atoms with E-state index in [9.17, 15) is 4.21 Å². The minimum atomic E-state index is -1.29. The summed E-state index contributed by atoms with van der Waals surface area (Å²) in [7, 11) is -1.29. The summed E-state index contributed by atoms with van der Waals surface area (Å²) in [6, 6.07) is 16.5. The molecule has 0 fully saturated rings. The van der Waals surface area contributed by atoms with Crippen LogP contribution in [0.3, 0.4) is 0 Å². The highest BCUT2D eigenvalue weighted by Gasteiger charge is 2.19. The van der Waals surface area contributed by atoms with Gasteiger partial charge in [-0.05, 0) is 40.7 Å². The third-order valence-electron chi connectivity index (χ3n) is 4.13. The van der Waals surface area contributed by atoms with Crippen molar-refractivity contribution in [2.75, 3.05) is 0 Å². The zero-order valence-corrected chi connectivity index (χ0v) is 16.7. The molecule has 0 aliphatic rings. The lowest BCUT2D eigenvalue weighted by Crippen LogP contribution is -2.19. The maximum absolute atomic E-state index is 12.3. The van der Waals surface area contributed by atoms with E-state index in [0.717, 1.165) is 27.7 Å². The molecule has 3 rings (SSSR count). The number of para-hydroxylation sites is 1. The zero-order valence-electron chi connectivity index (χ0n) is 15.9. The van der Waals surface area contributed by atoms with E-state index in [0.29, 0.717) is 0 Å². The second-order valence-corrected chi connectivity index (χ2v) is 9.52. The molecule has 136 valence electrons. The van der Waals surface area contributed by atoms with Crippen molar-refractivity contribution in [1.82, 2.24) is 9.78 Å². The monoisotopic (exact) mass is 367 g/mol. The van der Waals surface area contributed by atoms with Gasteiger partial charge in [-0.15, -0.1) is 0 Å². The molecule has 0 unspecified atom stereocenters. The number of nitrogens with zero attached hydrogens (tertiary/aromatic N) is 3. The Hall–Kier alpha value is -2.27. The number of benzene rings is 2. The molecule has 0 saturated carbocycles. The highest BCUT2D eigenvalue weighted by molar-refractivity contribution is 7.85. The molecule has 0 N–H and O–H groups in total. The molecule has 0 radical (unpaired) electrons. The van der Waals surface area contributed by atoms with Crippen molar-refractivity contribution in [2.45, 2.75) is 45.4 Å². The second-order valence-electron chi connectivity index (χ2n) is 7.59. The molecule has 1 atom stereocenters. The molecule has 4 nitrogen and oxygen atoms in total. The topological polar surface area (TPSA) is 47.2 Å². The van der Waals surface area contributed by atoms with Crippen LogP contribution in [0.4, 0.5) is 0 Å². The van der Waals surface area contributed by atoms with Gasteiger partial charge >= 0.3 is 0 Å². The largest absolute Gasteiger partial charge is 0.262 e. The first-order valence-electron chi connectivity index (χ1n) is 8.82. The lowest BCUT2D eigenvalue weighted by molar-refractivity contribution is 0.552. The summed E-state index contributed by atoms with van der Waals surface area (Å²) in [6.07, 6.45) is 1.71. The molecule has 1 heterocycles. The summed E-state index contributed by atoms with van der Waals surface area (Å²) in [5.74, 6) is 0. The number of aromatic nitrogens is 2. The molecule has 3 aromatic rings. The van der Waals surface area contributed by atoms with Crippen LogP contribution in [0.2, 0.25) is 0 Å². The van der Waals surface area contributed by atoms with Crippen molar-refractivity contribution in [1.29, 1.82) is 0 Å². The third-order valence-corrected chi connectivity index (χ3v) is 5.47. The first-order valence-corrected chi connectivity index (χ1v) is 9.92. The fourth-order valence-electron chi connectivity index (χ4n) is 2.77. The van der Waals surface area contributed by atoms with Crippen LogP contribution in [0.5, 0.6) is 0 Å². The molecule has 26 heavy (non-hydrogen) atoms. The molecule has 0 bridgehead atoms. The zero-order chi connectivity index (χ0) is 18.9. The lowest BCUT2D eigenvalue weighted by atomic mass is 10.0. The van der Waals surface area contributed by atoms with E-state index in [1.165, 1.54) is 0 Å². The number of hydrogen-bond donors (Lipinski definition) is 0. The van der Waals surface area contributed by atoms with Crippen molar-refractivity contribution in [3.63, 3.8) is 0 Å². The smallest absolute Gasteiger partial charge is 0.144 e. The van der Waals surface area contributed by atoms with Crippen LogP contribution >= 0.6 is 0 Å². The Morgan fingerprint density at radius 3 is 2.42 bits per heavy atom. The van der Waals surface area contributed by atoms with Crippen LogP contribution in [-0.2, 0) is 11.0 Å². The molecular formula is C21H25N3OS. The van der Waals surface area contributed by atoms with Gasteiger partial charge in [-0.2, -0.15) is 9.50 Å². The standard InChI is InChI=1S/C21H25N3OS/c1-15(2)24-19-13-9-8-12-18(19)20(23-24)17-11-7-6-10-16(17)14-22-26(25)21(3,4)5/h6-15H,1-5H3/b22-14+/t26-/m0/s1. The van der Waals surface area contributed by atoms with E-state index in [2.05, 4.69) is 30.4 Å². The summed E-state index contributed by atoms with van der Waals surface area (Å²) < 4.78 is 18.2. The number of fused-ring (bicyclic) bond motifs is 1. The molecule has 2 aromatic carbocycles. The molecule has 0 spiro atoms. The van der Waals surface area contributed by atoms with Crippen LogP contribution in [-0.4, -0.2) is 25.0 Å². The summed E-state index contributed by atoms with van der Waals surface area (Å²) >= 11 is 0. The van der Waals surface area contributed by atoms with Gasteiger partial charge in [0.25, 0.3) is 0 Å². The normalized spacial score (nSPS) is 13.8. The van der Waals surface area contributed by atoms with Crippen molar-refractivity contribution in [2.24, 2.45) is 4.40 Å². The second kappa shape index (κ2) is 7.16. The maximum atomic E-state index is 12.3. The molecule has 5 heteroatoms. The Bertz CT molecular complexity index is 980. The number of hydrogen-bond acceptors (Lipinski definition) is 2. The van der Waals surface area contributed by atoms with Crippen LogP contribution in [0, 0.1) is 0 Å². The van der Waals surface area contributed by atoms with Crippen LogP contribution < -0.4 is 0 Å². The van der Waals surface area contributed by atoms with Crippen LogP contribution in [0.15, 0.2) is 52.9 Å². The van der Waals surface area contributed by atoms with E-state index in [-0.39, 0.29) is 10.8 Å². The van der Waals surface area contributed by atoms with Gasteiger partial charge in [-0.25, -0.2) is 4.21 Å². The van der Waals surface area contributed by atoms with Crippen molar-refractivity contribution in [3.05, 3.63) is 54.1 Å². The SMILES string of the molecule is CC(C)n1nc(-c2ccccc2/C=N/[S@@](=O)C(C)(C)C)c2ccccc21. The lowest BCUT2D eigenvalue weighted by Gasteiger charge is -2.13. The van der Waals surface area contributed by atoms with Gasteiger partial charge in [0.2, 0.25) is 0 Å². The van der Waals surface area contributed by atoms with Crippen LogP contribution in [0.25, 0.3) is 22.2 Å². The summed E-state index contributed by atoms with van der Waals surface area (Å²) in [5, 5.41) is 5.98. The first kappa shape index (κ1) is 18.5. The van der Waals surface area contributed by atoms with Gasteiger partial charge in [0.1, 0.15) is 16.7 Å². The quantitative estimate of drug-likeness (QED) is 0.598. The Morgan fingerprint density at radius 2 is 1.73 bits per heavy atom. The summed E-state index contributed by atoms with van der Waals surface area (Å²) in [4.78, 5) is 0. The molecular weight excluding hydrogens is 342 g/mol. The fraction of sp³-hybridized carbons (Fsp3) is 0.333. The van der Waals surface area contributed by atoms with E-state index in [1.807, 2.05) is 61.9 Å². The first-order chi connectivity index (χ1) is 12.3. The average molecular weight is 368 g/mol. The Balaban J connectivity index is 2.14. The molecule has 0 saturated heterocycles. The average Bonchev–Trinajstić information content (AvgIpc) is 2.99. The van der Waals surface area contributed by atoms with Gasteiger partial charge in [0, 0.05) is 28.8 Å². The van der Waals surface area contributed by atoms with Crippen molar-refractivity contribution >= 4 is 28.1 Å². The summed E-state index contributed by atoms with van der Waals surface area (Å²) in [5.41, 5.74) is 3.96. The van der Waals surface area contributed by atoms with E-state index in [4.69, 9.17) is 5.10 Å². The fourth-order valence-corrected chi connectivity index (χ4v) is 3.30. The van der Waals surface area contributed by atoms with Gasteiger partial charge in [-0.3, -0.25) is 4.68 Å². The molecule has 1 aromatic heterocycles. The Labute approximate surface area is 157 Å². The van der Waals surface area contributed by atoms with Gasteiger partial charge in [0.05, 0.1) is 10.3 Å². The van der Waals surface area contributed by atoms with Gasteiger partial charge in [-0.1, -0.05) is 42.5 Å². The van der Waals surface area contributed by atoms with E-state index in [1.54, 1.807) is 6.21 Å². The predicted octanol–water partition coefficient (Wildman–Crippen LogP) is 5.17. The van der Waals surface area contributed by atoms with Crippen molar-refractivity contribution < 1.29 is 4.21 Å². The predicted molar refractivity (Wildman–Crippen MR) is 111 cm³/mol.